The van der Waals surface area contributed by atoms with Gasteiger partial charge in [0, 0.05) is 26.0 Å². The van der Waals surface area contributed by atoms with Gasteiger partial charge in [-0.05, 0) is 24.3 Å². The van der Waals surface area contributed by atoms with Crippen LogP contribution in [0.4, 0.5) is 17.5 Å². The van der Waals surface area contributed by atoms with Gasteiger partial charge in [-0.25, -0.2) is 4.68 Å². The van der Waals surface area contributed by atoms with Gasteiger partial charge in [-0.2, -0.15) is 15.1 Å². The molecule has 0 aliphatic carbocycles. The van der Waals surface area contributed by atoms with Crippen molar-refractivity contribution in [2.24, 2.45) is 0 Å². The summed E-state index contributed by atoms with van der Waals surface area (Å²) >= 11 is 0. The lowest BCUT2D eigenvalue weighted by molar-refractivity contribution is -0.0914. The molecule has 2 N–H and O–H groups in total. The second kappa shape index (κ2) is 9.41. The van der Waals surface area contributed by atoms with E-state index in [-0.39, 0.29) is 0 Å². The number of para-hydroxylation sites is 1. The van der Waals surface area contributed by atoms with Crippen molar-refractivity contribution < 1.29 is 14.2 Å². The Balaban J connectivity index is 1.76. The standard InChI is InChI=1S/C22H24N6O3/c1-29-17-11-7-8-15(12-17)25-20-18-13-24-28(16-9-5-4-6-10-16)21(18)27-22(26-20)23-14-19(30-2)31-3/h4-13,19H,14H2,1-3H3,(H2,23,25,26,27). The van der Waals surface area contributed by atoms with Gasteiger partial charge in [0.25, 0.3) is 0 Å². The molecular formula is C22H24N6O3. The highest BCUT2D eigenvalue weighted by atomic mass is 16.7. The number of ether oxygens (including phenoxy) is 3. The number of methoxy groups -OCH3 is 3. The largest absolute Gasteiger partial charge is 0.497 e. The van der Waals surface area contributed by atoms with Gasteiger partial charge in [0.1, 0.15) is 11.6 Å². The van der Waals surface area contributed by atoms with Crippen LogP contribution in [0.2, 0.25) is 0 Å². The first-order valence-electron chi connectivity index (χ1n) is 9.73. The zero-order valence-corrected chi connectivity index (χ0v) is 17.6. The maximum Gasteiger partial charge on any atom is 0.226 e. The maximum absolute atomic E-state index is 5.33. The number of hydrogen-bond acceptors (Lipinski definition) is 8. The molecule has 0 bridgehead atoms. The molecule has 0 atom stereocenters. The SMILES string of the molecule is COc1cccc(Nc2nc(NCC(OC)OC)nc3c2cnn3-c2ccccc2)c1. The molecule has 0 unspecified atom stereocenters. The molecule has 0 aliphatic rings. The summed E-state index contributed by atoms with van der Waals surface area (Å²) in [7, 11) is 4.80. The van der Waals surface area contributed by atoms with Crippen LogP contribution < -0.4 is 15.4 Å². The topological polar surface area (TPSA) is 95.3 Å². The number of anilines is 3. The van der Waals surface area contributed by atoms with E-state index >= 15 is 0 Å². The third-order valence-corrected chi connectivity index (χ3v) is 4.71. The number of nitrogens with one attached hydrogen (secondary N) is 2. The number of rotatable bonds is 9. The zero-order chi connectivity index (χ0) is 21.6. The molecule has 160 valence electrons. The van der Waals surface area contributed by atoms with E-state index in [9.17, 15) is 0 Å². The van der Waals surface area contributed by atoms with E-state index < -0.39 is 6.29 Å². The Bertz CT molecular complexity index is 1140. The third kappa shape index (κ3) is 4.57. The molecule has 0 fully saturated rings. The van der Waals surface area contributed by atoms with E-state index in [0.29, 0.717) is 24.0 Å². The Kier molecular flexibility index (Phi) is 6.25. The van der Waals surface area contributed by atoms with Crippen LogP contribution >= 0.6 is 0 Å². The number of benzene rings is 2. The molecule has 4 rings (SSSR count). The average Bonchev–Trinajstić information content (AvgIpc) is 3.25. The summed E-state index contributed by atoms with van der Waals surface area (Å²) in [6.07, 6.45) is 1.33. The van der Waals surface area contributed by atoms with Gasteiger partial charge in [0.2, 0.25) is 5.95 Å². The lowest BCUT2D eigenvalue weighted by atomic mass is 10.3. The summed E-state index contributed by atoms with van der Waals surface area (Å²) in [6.45, 7) is 0.385. The third-order valence-electron chi connectivity index (χ3n) is 4.71. The molecule has 0 amide bonds. The highest BCUT2D eigenvalue weighted by Gasteiger charge is 2.15. The fourth-order valence-corrected chi connectivity index (χ4v) is 3.12. The summed E-state index contributed by atoms with van der Waals surface area (Å²) in [6, 6.07) is 17.5. The summed E-state index contributed by atoms with van der Waals surface area (Å²) in [4.78, 5) is 9.35. The van der Waals surface area contributed by atoms with Crippen molar-refractivity contribution in [1.82, 2.24) is 19.7 Å². The van der Waals surface area contributed by atoms with Crippen molar-refractivity contribution in [1.29, 1.82) is 0 Å². The van der Waals surface area contributed by atoms with E-state index in [2.05, 4.69) is 20.7 Å². The number of nitrogens with zero attached hydrogens (tertiary/aromatic N) is 4. The number of hydrogen-bond donors (Lipinski definition) is 2. The van der Waals surface area contributed by atoms with Crippen LogP contribution in [0.5, 0.6) is 5.75 Å². The van der Waals surface area contributed by atoms with Gasteiger partial charge in [-0.15, -0.1) is 0 Å². The van der Waals surface area contributed by atoms with Crippen LogP contribution in [0.15, 0.2) is 60.8 Å². The second-order valence-electron chi connectivity index (χ2n) is 6.66. The fraction of sp³-hybridized carbons (Fsp3) is 0.227. The second-order valence-corrected chi connectivity index (χ2v) is 6.66. The Labute approximate surface area is 180 Å². The van der Waals surface area contributed by atoms with Gasteiger partial charge < -0.3 is 24.8 Å². The smallest absolute Gasteiger partial charge is 0.226 e. The van der Waals surface area contributed by atoms with Crippen LogP contribution in [0.3, 0.4) is 0 Å². The lowest BCUT2D eigenvalue weighted by Gasteiger charge is -2.15. The average molecular weight is 420 g/mol. The molecule has 0 saturated heterocycles. The van der Waals surface area contributed by atoms with Crippen molar-refractivity contribution >= 4 is 28.5 Å². The van der Waals surface area contributed by atoms with Gasteiger partial charge in [-0.3, -0.25) is 0 Å². The van der Waals surface area contributed by atoms with Crippen molar-refractivity contribution in [3.8, 4) is 11.4 Å². The highest BCUT2D eigenvalue weighted by Crippen LogP contribution is 2.28. The molecular weight excluding hydrogens is 396 g/mol. The Morgan fingerprint density at radius 1 is 0.968 bits per heavy atom. The van der Waals surface area contributed by atoms with E-state index in [0.717, 1.165) is 22.5 Å². The van der Waals surface area contributed by atoms with Crippen molar-refractivity contribution in [2.75, 3.05) is 38.5 Å². The fourth-order valence-electron chi connectivity index (χ4n) is 3.12. The minimum Gasteiger partial charge on any atom is -0.497 e. The number of fused-ring (bicyclic) bond motifs is 1. The normalized spacial score (nSPS) is 11.1. The van der Waals surface area contributed by atoms with Crippen molar-refractivity contribution in [3.63, 3.8) is 0 Å². The van der Waals surface area contributed by atoms with Gasteiger partial charge >= 0.3 is 0 Å². The molecule has 9 heteroatoms. The molecule has 0 saturated carbocycles. The molecule has 2 heterocycles. The zero-order valence-electron chi connectivity index (χ0n) is 17.6. The molecule has 4 aromatic rings. The summed E-state index contributed by atoms with van der Waals surface area (Å²) in [5.41, 5.74) is 2.41. The van der Waals surface area contributed by atoms with Gasteiger partial charge in [0.15, 0.2) is 11.9 Å². The first-order chi connectivity index (χ1) is 15.2. The van der Waals surface area contributed by atoms with E-state index in [4.69, 9.17) is 19.2 Å². The molecule has 2 aromatic carbocycles. The molecule has 9 nitrogen and oxygen atoms in total. The van der Waals surface area contributed by atoms with Crippen molar-refractivity contribution in [2.45, 2.75) is 6.29 Å². The van der Waals surface area contributed by atoms with E-state index in [1.165, 1.54) is 0 Å². The predicted molar refractivity (Wildman–Crippen MR) is 119 cm³/mol. The van der Waals surface area contributed by atoms with Crippen LogP contribution in [0, 0.1) is 0 Å². The Morgan fingerprint density at radius 3 is 2.52 bits per heavy atom. The highest BCUT2D eigenvalue weighted by molar-refractivity contribution is 5.90. The van der Waals surface area contributed by atoms with Gasteiger partial charge in [0.05, 0.1) is 30.9 Å². The summed E-state index contributed by atoms with van der Waals surface area (Å²) in [5.74, 6) is 1.79. The predicted octanol–water partition coefficient (Wildman–Crippen LogP) is 3.60. The van der Waals surface area contributed by atoms with E-state index in [1.54, 1.807) is 32.2 Å². The minimum atomic E-state index is -0.423. The number of aromatic nitrogens is 4. The molecule has 0 aliphatic heterocycles. The molecule has 0 spiro atoms. The van der Waals surface area contributed by atoms with Crippen molar-refractivity contribution in [3.05, 3.63) is 60.8 Å². The maximum atomic E-state index is 5.33. The minimum absolute atomic E-state index is 0.385. The quantitative estimate of drug-likeness (QED) is 0.397. The van der Waals surface area contributed by atoms with Crippen LogP contribution in [-0.2, 0) is 9.47 Å². The molecule has 0 radical (unpaired) electrons. The lowest BCUT2D eigenvalue weighted by Crippen LogP contribution is -2.24. The van der Waals surface area contributed by atoms with Crippen LogP contribution in [0.1, 0.15) is 0 Å². The Morgan fingerprint density at radius 2 is 1.77 bits per heavy atom. The van der Waals surface area contributed by atoms with Crippen LogP contribution in [0.25, 0.3) is 16.7 Å². The first-order valence-corrected chi connectivity index (χ1v) is 9.73. The monoisotopic (exact) mass is 420 g/mol. The molecule has 2 aromatic heterocycles. The summed E-state index contributed by atoms with van der Waals surface area (Å²) in [5, 5.41) is 11.9. The first kappa shape index (κ1) is 20.6. The van der Waals surface area contributed by atoms with Crippen LogP contribution in [-0.4, -0.2) is 53.9 Å². The summed E-state index contributed by atoms with van der Waals surface area (Å²) < 4.78 is 17.6. The Hall–Kier alpha value is -3.69. The van der Waals surface area contributed by atoms with Gasteiger partial charge in [-0.1, -0.05) is 24.3 Å². The van der Waals surface area contributed by atoms with E-state index in [1.807, 2.05) is 54.6 Å². The molecule has 31 heavy (non-hydrogen) atoms.